The van der Waals surface area contributed by atoms with E-state index >= 15 is 0 Å². The summed E-state index contributed by atoms with van der Waals surface area (Å²) in [6.45, 7) is 4.14. The largest absolute Gasteiger partial charge is 0.420 e. The van der Waals surface area contributed by atoms with Crippen molar-refractivity contribution < 1.29 is 4.74 Å². The van der Waals surface area contributed by atoms with Crippen molar-refractivity contribution in [2.75, 3.05) is 0 Å². The summed E-state index contributed by atoms with van der Waals surface area (Å²) in [4.78, 5) is 1.04. The van der Waals surface area contributed by atoms with Crippen LogP contribution in [0.2, 0.25) is 0 Å². The van der Waals surface area contributed by atoms with Gasteiger partial charge in [0.15, 0.2) is 0 Å². The Kier molecular flexibility index (Phi) is 3.51. The van der Waals surface area contributed by atoms with Crippen molar-refractivity contribution in [2.45, 2.75) is 25.7 Å². The Morgan fingerprint density at radius 3 is 2.86 bits per heavy atom. The molecule has 0 radical (unpaired) electrons. The van der Waals surface area contributed by atoms with Gasteiger partial charge in [-0.3, -0.25) is 5.10 Å². The van der Waals surface area contributed by atoms with E-state index in [2.05, 4.69) is 46.0 Å². The number of ether oxygens (including phenoxy) is 1. The predicted octanol–water partition coefficient (Wildman–Crippen LogP) is 3.58. The number of nitrogens with two attached hydrogens (primary N) is 1. The van der Waals surface area contributed by atoms with Gasteiger partial charge in [0.25, 0.3) is 0 Å². The molecule has 3 rings (SSSR count). The molecule has 108 valence electrons. The van der Waals surface area contributed by atoms with Crippen LogP contribution in [0.1, 0.15) is 41.8 Å². The van der Waals surface area contributed by atoms with E-state index < -0.39 is 0 Å². The molecule has 1 aliphatic rings. The number of halogens is 1. The molecule has 0 amide bonds. The number of nitriles is 1. The van der Waals surface area contributed by atoms with Crippen molar-refractivity contribution in [3.05, 3.63) is 43.5 Å². The number of allylic oxidation sites excluding steroid dienone is 1. The highest BCUT2D eigenvalue weighted by molar-refractivity contribution is 9.11. The first-order valence-electron chi connectivity index (χ1n) is 6.44. The zero-order valence-corrected chi connectivity index (χ0v) is 13.9. The topological polar surface area (TPSA) is 87.7 Å². The van der Waals surface area contributed by atoms with Crippen molar-refractivity contribution in [2.24, 2.45) is 5.73 Å². The standard InChI is InChI=1S/C14H13BrN4OS/c1-6(2)12-11-10(8-3-4-9(15)21-8)7(5-16)13(17)20-14(11)19-18-12/h3-4,6,10H,17H2,1-2H3,(H,18,19)/t10-/m1/s1. The van der Waals surface area contributed by atoms with Crippen molar-refractivity contribution in [1.82, 2.24) is 10.2 Å². The van der Waals surface area contributed by atoms with Crippen molar-refractivity contribution in [3.63, 3.8) is 0 Å². The van der Waals surface area contributed by atoms with E-state index in [-0.39, 0.29) is 17.7 Å². The molecule has 0 spiro atoms. The second-order valence-corrected chi connectivity index (χ2v) is 7.57. The molecule has 0 aliphatic carbocycles. The van der Waals surface area contributed by atoms with E-state index in [1.165, 1.54) is 0 Å². The Morgan fingerprint density at radius 1 is 1.52 bits per heavy atom. The fraction of sp³-hybridized carbons (Fsp3) is 0.286. The second-order valence-electron chi connectivity index (χ2n) is 5.08. The summed E-state index contributed by atoms with van der Waals surface area (Å²) < 4.78 is 6.52. The highest BCUT2D eigenvalue weighted by atomic mass is 79.9. The third-order valence-electron chi connectivity index (χ3n) is 3.42. The average molecular weight is 365 g/mol. The monoisotopic (exact) mass is 364 g/mol. The summed E-state index contributed by atoms with van der Waals surface area (Å²) >= 11 is 5.05. The maximum Gasteiger partial charge on any atom is 0.244 e. The molecule has 0 bridgehead atoms. The summed E-state index contributed by atoms with van der Waals surface area (Å²) in [6.07, 6.45) is 0. The fourth-order valence-corrected chi connectivity index (χ4v) is 4.02. The number of thiophene rings is 1. The van der Waals surface area contributed by atoms with E-state index in [0.717, 1.165) is 19.9 Å². The van der Waals surface area contributed by atoms with Crippen LogP contribution in [0.3, 0.4) is 0 Å². The molecule has 1 aliphatic heterocycles. The molecular formula is C14H13BrN4OS. The Bertz CT molecular complexity index is 768. The van der Waals surface area contributed by atoms with Gasteiger partial charge in [-0.05, 0) is 34.0 Å². The van der Waals surface area contributed by atoms with Crippen molar-refractivity contribution >= 4 is 27.3 Å². The van der Waals surface area contributed by atoms with Gasteiger partial charge in [0.05, 0.1) is 15.3 Å². The summed E-state index contributed by atoms with van der Waals surface area (Å²) in [5, 5.41) is 16.7. The molecule has 7 heteroatoms. The number of H-pyrrole nitrogens is 1. The van der Waals surface area contributed by atoms with Crippen LogP contribution < -0.4 is 10.5 Å². The lowest BCUT2D eigenvalue weighted by Crippen LogP contribution is -2.21. The summed E-state index contributed by atoms with van der Waals surface area (Å²) in [5.41, 5.74) is 8.21. The highest BCUT2D eigenvalue weighted by Gasteiger charge is 2.36. The zero-order valence-electron chi connectivity index (χ0n) is 11.5. The maximum absolute atomic E-state index is 9.49. The molecule has 0 saturated carbocycles. The van der Waals surface area contributed by atoms with Gasteiger partial charge < -0.3 is 10.5 Å². The second kappa shape index (κ2) is 5.20. The summed E-state index contributed by atoms with van der Waals surface area (Å²) in [6, 6.07) is 6.15. The molecule has 2 aromatic rings. The number of nitrogens with one attached hydrogen (secondary N) is 1. The minimum Gasteiger partial charge on any atom is -0.420 e. The van der Waals surface area contributed by atoms with E-state index in [9.17, 15) is 5.26 Å². The number of hydrogen-bond donors (Lipinski definition) is 2. The predicted molar refractivity (Wildman–Crippen MR) is 84.0 cm³/mol. The molecule has 0 aromatic carbocycles. The third kappa shape index (κ3) is 2.24. The fourth-order valence-electron chi connectivity index (χ4n) is 2.48. The number of aromatic amines is 1. The van der Waals surface area contributed by atoms with Crippen LogP contribution in [0.4, 0.5) is 0 Å². The van der Waals surface area contributed by atoms with Gasteiger partial charge in [-0.1, -0.05) is 13.8 Å². The molecule has 5 nitrogen and oxygen atoms in total. The molecular weight excluding hydrogens is 352 g/mol. The lowest BCUT2D eigenvalue weighted by Gasteiger charge is -2.23. The normalized spacial score (nSPS) is 17.6. The Balaban J connectivity index is 2.24. The first-order valence-corrected chi connectivity index (χ1v) is 8.04. The van der Waals surface area contributed by atoms with Crippen LogP contribution in [0.25, 0.3) is 0 Å². The Labute approximate surface area is 134 Å². The lowest BCUT2D eigenvalue weighted by atomic mass is 9.86. The van der Waals surface area contributed by atoms with Crippen LogP contribution in [0.15, 0.2) is 27.4 Å². The summed E-state index contributed by atoms with van der Waals surface area (Å²) in [7, 11) is 0. The van der Waals surface area contributed by atoms with E-state index in [4.69, 9.17) is 10.5 Å². The molecule has 1 atom stereocenters. The van der Waals surface area contributed by atoms with Gasteiger partial charge in [0, 0.05) is 10.6 Å². The lowest BCUT2D eigenvalue weighted by molar-refractivity contribution is 0.379. The van der Waals surface area contributed by atoms with Crippen molar-refractivity contribution in [3.8, 4) is 11.9 Å². The van der Waals surface area contributed by atoms with Crippen LogP contribution in [-0.4, -0.2) is 10.2 Å². The van der Waals surface area contributed by atoms with Gasteiger partial charge in [-0.25, -0.2) is 0 Å². The smallest absolute Gasteiger partial charge is 0.244 e. The zero-order chi connectivity index (χ0) is 15.1. The van der Waals surface area contributed by atoms with Crippen molar-refractivity contribution in [1.29, 1.82) is 5.26 Å². The van der Waals surface area contributed by atoms with Gasteiger partial charge in [-0.2, -0.15) is 5.26 Å². The average Bonchev–Trinajstić information content (AvgIpc) is 3.03. The Hall–Kier alpha value is -1.78. The van der Waals surface area contributed by atoms with Crippen LogP contribution in [0, 0.1) is 11.3 Å². The van der Waals surface area contributed by atoms with E-state index in [0.29, 0.717) is 11.5 Å². The first-order chi connectivity index (χ1) is 10.0. The number of rotatable bonds is 2. The van der Waals surface area contributed by atoms with Gasteiger partial charge in [0.1, 0.15) is 11.6 Å². The van der Waals surface area contributed by atoms with Gasteiger partial charge >= 0.3 is 0 Å². The maximum atomic E-state index is 9.49. The quantitative estimate of drug-likeness (QED) is 0.852. The molecule has 2 aromatic heterocycles. The van der Waals surface area contributed by atoms with Crippen LogP contribution in [0.5, 0.6) is 5.88 Å². The molecule has 3 heterocycles. The first kappa shape index (κ1) is 14.2. The van der Waals surface area contributed by atoms with Crippen LogP contribution in [-0.2, 0) is 0 Å². The van der Waals surface area contributed by atoms with E-state index in [1.54, 1.807) is 11.3 Å². The number of hydrogen-bond acceptors (Lipinski definition) is 5. The highest BCUT2D eigenvalue weighted by Crippen LogP contribution is 2.46. The SMILES string of the molecule is CC(C)c1[nH]nc2c1[C@@H](c1ccc(Br)s1)C(C#N)=C(N)O2. The number of fused-ring (bicyclic) bond motifs is 1. The number of aromatic nitrogens is 2. The minimum absolute atomic E-state index is 0.126. The molecule has 0 saturated heterocycles. The van der Waals surface area contributed by atoms with Gasteiger partial charge in [0.2, 0.25) is 11.8 Å². The minimum atomic E-state index is -0.230. The summed E-state index contributed by atoms with van der Waals surface area (Å²) in [5.74, 6) is 0.604. The molecule has 0 unspecified atom stereocenters. The molecule has 21 heavy (non-hydrogen) atoms. The molecule has 3 N–H and O–H groups in total. The molecule has 0 fully saturated rings. The van der Waals surface area contributed by atoms with Gasteiger partial charge in [-0.15, -0.1) is 16.4 Å². The van der Waals surface area contributed by atoms with E-state index in [1.807, 2.05) is 12.1 Å². The van der Waals surface area contributed by atoms with Crippen LogP contribution >= 0.6 is 27.3 Å². The third-order valence-corrected chi connectivity index (χ3v) is 5.11. The Morgan fingerprint density at radius 2 is 2.29 bits per heavy atom. The number of nitrogens with zero attached hydrogens (tertiary/aromatic N) is 2.